The molecule has 6 heteroatoms. The van der Waals surface area contributed by atoms with Crippen LogP contribution >= 0.6 is 0 Å². The number of fused-ring (bicyclic) bond motifs is 1. The fraction of sp³-hybridized carbons (Fsp3) is 0.304. The molecule has 6 nitrogen and oxygen atoms in total. The quantitative estimate of drug-likeness (QED) is 0.500. The van der Waals surface area contributed by atoms with E-state index in [1.165, 1.54) is 6.92 Å². The molecule has 0 aliphatic heterocycles. The third-order valence-corrected chi connectivity index (χ3v) is 5.42. The first-order valence-electron chi connectivity index (χ1n) is 10.0. The molecule has 0 spiro atoms. The van der Waals surface area contributed by atoms with E-state index in [1.807, 2.05) is 60.8 Å². The standard InChI is InChI=1S/C23H26N4O2/c1-15(28)25-22(11-16-14-24-21-10-6-5-9-20(16)21)23(29)27-19-12-18(13-19)26-17-7-3-2-4-8-17/h2-10,14,18-19,22,24,26H,11-13H2,1H3,(H,25,28)(H,27,29). The van der Waals surface area contributed by atoms with Gasteiger partial charge in [0.15, 0.2) is 0 Å². The molecule has 1 aliphatic carbocycles. The van der Waals surface area contributed by atoms with E-state index in [9.17, 15) is 9.59 Å². The maximum absolute atomic E-state index is 12.9. The molecule has 2 aromatic carbocycles. The van der Waals surface area contributed by atoms with Gasteiger partial charge in [-0.05, 0) is 36.6 Å². The first-order valence-corrected chi connectivity index (χ1v) is 10.0. The van der Waals surface area contributed by atoms with Crippen molar-refractivity contribution in [2.24, 2.45) is 0 Å². The number of benzene rings is 2. The summed E-state index contributed by atoms with van der Waals surface area (Å²) in [6.45, 7) is 1.44. The van der Waals surface area contributed by atoms with Crippen LogP contribution in [-0.4, -0.2) is 34.9 Å². The van der Waals surface area contributed by atoms with Crippen molar-refractivity contribution in [2.45, 2.75) is 44.3 Å². The Morgan fingerprint density at radius 1 is 1.03 bits per heavy atom. The zero-order valence-electron chi connectivity index (χ0n) is 16.4. The third kappa shape index (κ3) is 4.59. The Balaban J connectivity index is 1.35. The Hall–Kier alpha value is -3.28. The van der Waals surface area contributed by atoms with Crippen molar-refractivity contribution in [3.05, 3.63) is 66.4 Å². The molecule has 3 aromatic rings. The van der Waals surface area contributed by atoms with Crippen LogP contribution in [0.25, 0.3) is 10.9 Å². The van der Waals surface area contributed by atoms with Gasteiger partial charge in [-0.15, -0.1) is 0 Å². The maximum atomic E-state index is 12.9. The molecule has 1 aliphatic rings. The lowest BCUT2D eigenvalue weighted by atomic mass is 9.86. The number of aromatic nitrogens is 1. The van der Waals surface area contributed by atoms with Gasteiger partial charge in [0.1, 0.15) is 6.04 Å². The predicted molar refractivity (Wildman–Crippen MR) is 115 cm³/mol. The predicted octanol–water partition coefficient (Wildman–Crippen LogP) is 2.97. The summed E-state index contributed by atoms with van der Waals surface area (Å²) in [7, 11) is 0. The largest absolute Gasteiger partial charge is 0.382 e. The molecule has 29 heavy (non-hydrogen) atoms. The molecule has 1 saturated carbocycles. The SMILES string of the molecule is CC(=O)NC(Cc1c[nH]c2ccccc12)C(=O)NC1CC(Nc2ccccc2)C1. The Kier molecular flexibility index (Phi) is 5.51. The van der Waals surface area contributed by atoms with Crippen LogP contribution in [0.5, 0.6) is 0 Å². The van der Waals surface area contributed by atoms with Crippen molar-refractivity contribution >= 4 is 28.4 Å². The van der Waals surface area contributed by atoms with Crippen LogP contribution in [0.1, 0.15) is 25.3 Å². The number of carbonyl (C=O) groups excluding carboxylic acids is 2. The summed E-state index contributed by atoms with van der Waals surface area (Å²) in [4.78, 5) is 27.7. The summed E-state index contributed by atoms with van der Waals surface area (Å²) in [6.07, 6.45) is 4.12. The van der Waals surface area contributed by atoms with Gasteiger partial charge in [0.05, 0.1) is 0 Å². The van der Waals surface area contributed by atoms with Crippen molar-refractivity contribution in [1.82, 2.24) is 15.6 Å². The van der Waals surface area contributed by atoms with E-state index in [4.69, 9.17) is 0 Å². The highest BCUT2D eigenvalue weighted by Gasteiger charge is 2.32. The van der Waals surface area contributed by atoms with Gasteiger partial charge in [-0.1, -0.05) is 36.4 Å². The Morgan fingerprint density at radius 3 is 2.52 bits per heavy atom. The molecule has 2 amide bonds. The van der Waals surface area contributed by atoms with Crippen molar-refractivity contribution < 1.29 is 9.59 Å². The fourth-order valence-corrected chi connectivity index (χ4v) is 3.90. The Morgan fingerprint density at radius 2 is 1.76 bits per heavy atom. The summed E-state index contributed by atoms with van der Waals surface area (Å²) in [5.41, 5.74) is 3.14. The summed E-state index contributed by atoms with van der Waals surface area (Å²) in [6, 6.07) is 17.9. The van der Waals surface area contributed by atoms with Crippen molar-refractivity contribution in [3.63, 3.8) is 0 Å². The smallest absolute Gasteiger partial charge is 0.243 e. The van der Waals surface area contributed by atoms with Crippen LogP contribution in [0.2, 0.25) is 0 Å². The van der Waals surface area contributed by atoms with E-state index in [0.29, 0.717) is 12.5 Å². The minimum Gasteiger partial charge on any atom is -0.382 e. The van der Waals surface area contributed by atoms with E-state index in [1.54, 1.807) is 0 Å². The Labute approximate surface area is 170 Å². The number of H-pyrrole nitrogens is 1. The van der Waals surface area contributed by atoms with Crippen LogP contribution in [0.3, 0.4) is 0 Å². The minimum atomic E-state index is -0.590. The molecular weight excluding hydrogens is 364 g/mol. The third-order valence-electron chi connectivity index (χ3n) is 5.42. The molecule has 150 valence electrons. The van der Waals surface area contributed by atoms with E-state index in [0.717, 1.165) is 35.0 Å². The number of hydrogen-bond acceptors (Lipinski definition) is 3. The van der Waals surface area contributed by atoms with Gasteiger partial charge >= 0.3 is 0 Å². The lowest BCUT2D eigenvalue weighted by molar-refractivity contribution is -0.128. The second kappa shape index (κ2) is 8.39. The second-order valence-electron chi connectivity index (χ2n) is 7.70. The molecular formula is C23H26N4O2. The van der Waals surface area contributed by atoms with E-state index < -0.39 is 6.04 Å². The molecule has 1 atom stereocenters. The van der Waals surface area contributed by atoms with Crippen LogP contribution in [0.4, 0.5) is 5.69 Å². The van der Waals surface area contributed by atoms with Gasteiger partial charge in [-0.3, -0.25) is 9.59 Å². The molecule has 1 heterocycles. The van der Waals surface area contributed by atoms with Crippen LogP contribution in [0.15, 0.2) is 60.8 Å². The zero-order chi connectivity index (χ0) is 20.2. The van der Waals surface area contributed by atoms with Gasteiger partial charge in [-0.25, -0.2) is 0 Å². The number of rotatable bonds is 7. The number of nitrogens with one attached hydrogen (secondary N) is 4. The molecule has 0 bridgehead atoms. The lowest BCUT2D eigenvalue weighted by Gasteiger charge is -2.37. The molecule has 1 aromatic heterocycles. The highest BCUT2D eigenvalue weighted by molar-refractivity contribution is 5.89. The van der Waals surface area contributed by atoms with Gasteiger partial charge < -0.3 is 20.9 Å². The van der Waals surface area contributed by atoms with Crippen molar-refractivity contribution in [1.29, 1.82) is 0 Å². The number of para-hydroxylation sites is 2. The number of amides is 2. The van der Waals surface area contributed by atoms with E-state index in [-0.39, 0.29) is 17.9 Å². The number of carbonyl (C=O) groups is 2. The van der Waals surface area contributed by atoms with E-state index in [2.05, 4.69) is 20.9 Å². The molecule has 0 radical (unpaired) electrons. The normalized spacial score (nSPS) is 19.2. The average molecular weight is 390 g/mol. The highest BCUT2D eigenvalue weighted by atomic mass is 16.2. The summed E-state index contributed by atoms with van der Waals surface area (Å²) in [5.74, 6) is -0.337. The van der Waals surface area contributed by atoms with Crippen LogP contribution < -0.4 is 16.0 Å². The maximum Gasteiger partial charge on any atom is 0.243 e. The molecule has 0 saturated heterocycles. The van der Waals surface area contributed by atoms with Crippen molar-refractivity contribution in [3.8, 4) is 0 Å². The summed E-state index contributed by atoms with van der Waals surface area (Å²) < 4.78 is 0. The minimum absolute atomic E-state index is 0.128. The van der Waals surface area contributed by atoms with Gasteiger partial charge in [0, 0.05) is 48.2 Å². The van der Waals surface area contributed by atoms with Gasteiger partial charge in [-0.2, -0.15) is 0 Å². The lowest BCUT2D eigenvalue weighted by Crippen LogP contribution is -2.55. The fourth-order valence-electron chi connectivity index (χ4n) is 3.90. The zero-order valence-corrected chi connectivity index (χ0v) is 16.4. The first kappa shape index (κ1) is 19.1. The second-order valence-corrected chi connectivity index (χ2v) is 7.70. The monoisotopic (exact) mass is 390 g/mol. The van der Waals surface area contributed by atoms with Crippen LogP contribution in [-0.2, 0) is 16.0 Å². The molecule has 4 N–H and O–H groups in total. The van der Waals surface area contributed by atoms with E-state index >= 15 is 0 Å². The number of hydrogen-bond donors (Lipinski definition) is 4. The summed E-state index contributed by atoms with van der Waals surface area (Å²) >= 11 is 0. The number of aromatic amines is 1. The van der Waals surface area contributed by atoms with Gasteiger partial charge in [0.25, 0.3) is 0 Å². The van der Waals surface area contributed by atoms with Gasteiger partial charge in [0.2, 0.25) is 11.8 Å². The highest BCUT2D eigenvalue weighted by Crippen LogP contribution is 2.25. The topological polar surface area (TPSA) is 86.0 Å². The first-order chi connectivity index (χ1) is 14.1. The molecule has 4 rings (SSSR count). The Bertz CT molecular complexity index is 992. The molecule has 1 fully saturated rings. The molecule has 1 unspecified atom stereocenters. The van der Waals surface area contributed by atoms with Crippen molar-refractivity contribution in [2.75, 3.05) is 5.32 Å². The number of anilines is 1. The van der Waals surface area contributed by atoms with Crippen LogP contribution in [0, 0.1) is 0 Å². The average Bonchev–Trinajstić information content (AvgIpc) is 3.09. The summed E-state index contributed by atoms with van der Waals surface area (Å²) in [5, 5.41) is 10.5.